The molecule has 9 heteroatoms. The Morgan fingerprint density at radius 2 is 2.05 bits per heavy atom. The van der Waals surface area contributed by atoms with Crippen molar-refractivity contribution in [2.75, 3.05) is 40.3 Å². The van der Waals surface area contributed by atoms with Crippen LogP contribution >= 0.6 is 11.3 Å². The molecule has 0 atom stereocenters. The summed E-state index contributed by atoms with van der Waals surface area (Å²) in [5.74, 6) is 0.577. The number of rotatable bonds is 7. The topological polar surface area (TPSA) is 52.6 Å². The lowest BCUT2D eigenvalue weighted by molar-refractivity contribution is -0.142. The minimum absolute atomic E-state index is 0.284. The molecule has 1 aromatic rings. The molecule has 0 amide bonds. The molecule has 0 aliphatic heterocycles. The van der Waals surface area contributed by atoms with Gasteiger partial charge in [0.15, 0.2) is 5.96 Å². The quantitative estimate of drug-likeness (QED) is 0.587. The van der Waals surface area contributed by atoms with Crippen LogP contribution in [0, 0.1) is 6.92 Å². The Balaban J connectivity index is 2.20. The number of halogens is 3. The van der Waals surface area contributed by atoms with Gasteiger partial charge in [-0.25, -0.2) is 4.98 Å². The number of nitrogens with one attached hydrogen (secondary N) is 2. The van der Waals surface area contributed by atoms with Crippen LogP contribution in [0.25, 0.3) is 0 Å². The molecule has 2 N–H and O–H groups in total. The zero-order valence-electron chi connectivity index (χ0n) is 13.0. The second kappa shape index (κ2) is 8.94. The number of aromatic nitrogens is 1. The van der Waals surface area contributed by atoms with Gasteiger partial charge in [-0.3, -0.25) is 9.89 Å². The van der Waals surface area contributed by atoms with Crippen molar-refractivity contribution in [1.29, 1.82) is 0 Å². The number of aryl methyl sites for hydroxylation is 1. The Hall–Kier alpha value is -1.35. The predicted octanol–water partition coefficient (Wildman–Crippen LogP) is 1.65. The van der Waals surface area contributed by atoms with E-state index in [1.54, 1.807) is 18.4 Å². The fourth-order valence-electron chi connectivity index (χ4n) is 1.78. The molecule has 1 heterocycles. The normalized spacial score (nSPS) is 12.8. The van der Waals surface area contributed by atoms with Gasteiger partial charge in [0.2, 0.25) is 0 Å². The molecule has 0 radical (unpaired) electrons. The summed E-state index contributed by atoms with van der Waals surface area (Å²) in [5.41, 5.74) is 0. The third-order valence-corrected chi connectivity index (χ3v) is 3.73. The zero-order chi connectivity index (χ0) is 16.6. The van der Waals surface area contributed by atoms with E-state index in [2.05, 4.69) is 20.6 Å². The third-order valence-electron chi connectivity index (χ3n) is 2.76. The van der Waals surface area contributed by atoms with Crippen LogP contribution < -0.4 is 10.6 Å². The van der Waals surface area contributed by atoms with Crippen LogP contribution in [0.5, 0.6) is 0 Å². The fraction of sp³-hybridized carbons (Fsp3) is 0.692. The maximum absolute atomic E-state index is 12.2. The van der Waals surface area contributed by atoms with Crippen LogP contribution in [0.15, 0.2) is 11.2 Å². The summed E-state index contributed by atoms with van der Waals surface area (Å²) in [6.45, 7) is 2.44. The van der Waals surface area contributed by atoms with Crippen molar-refractivity contribution in [2.45, 2.75) is 19.5 Å². The lowest BCUT2D eigenvalue weighted by Gasteiger charge is -2.19. The van der Waals surface area contributed by atoms with Gasteiger partial charge in [-0.1, -0.05) is 0 Å². The van der Waals surface area contributed by atoms with Gasteiger partial charge in [0.25, 0.3) is 0 Å². The molecule has 0 unspecified atom stereocenters. The van der Waals surface area contributed by atoms with E-state index < -0.39 is 12.7 Å². The van der Waals surface area contributed by atoms with Crippen LogP contribution in [-0.2, 0) is 6.42 Å². The average molecular weight is 337 g/mol. The molecule has 0 fully saturated rings. The van der Waals surface area contributed by atoms with Gasteiger partial charge in [0.05, 0.1) is 11.6 Å². The van der Waals surface area contributed by atoms with E-state index in [0.29, 0.717) is 19.0 Å². The summed E-state index contributed by atoms with van der Waals surface area (Å²) < 4.78 is 36.6. The first-order valence-electron chi connectivity index (χ1n) is 6.91. The van der Waals surface area contributed by atoms with Crippen LogP contribution in [0.4, 0.5) is 13.2 Å². The summed E-state index contributed by atoms with van der Waals surface area (Å²) in [7, 11) is 3.07. The molecule has 0 aliphatic carbocycles. The maximum Gasteiger partial charge on any atom is 0.401 e. The molecule has 0 aromatic carbocycles. The average Bonchev–Trinajstić information content (AvgIpc) is 2.80. The van der Waals surface area contributed by atoms with Crippen molar-refractivity contribution in [3.8, 4) is 0 Å². The lowest BCUT2D eigenvalue weighted by atomic mass is 10.4. The Morgan fingerprint density at radius 3 is 2.59 bits per heavy atom. The van der Waals surface area contributed by atoms with E-state index in [9.17, 15) is 13.2 Å². The number of hydrogen-bond acceptors (Lipinski definition) is 4. The van der Waals surface area contributed by atoms with Gasteiger partial charge >= 0.3 is 6.18 Å². The van der Waals surface area contributed by atoms with Crippen LogP contribution in [-0.4, -0.2) is 62.3 Å². The highest BCUT2D eigenvalue weighted by molar-refractivity contribution is 7.11. The van der Waals surface area contributed by atoms with Gasteiger partial charge in [0, 0.05) is 44.2 Å². The Morgan fingerprint density at radius 1 is 1.36 bits per heavy atom. The first kappa shape index (κ1) is 18.7. The third kappa shape index (κ3) is 8.18. The SMILES string of the molecule is CN=C(NCCc1ncc(C)s1)NCCN(C)CC(F)(F)F. The van der Waals surface area contributed by atoms with E-state index in [1.165, 1.54) is 16.8 Å². The predicted molar refractivity (Wildman–Crippen MR) is 83.5 cm³/mol. The molecule has 0 aliphatic rings. The number of likely N-dealkylation sites (N-methyl/N-ethyl adjacent to an activating group) is 1. The van der Waals surface area contributed by atoms with E-state index >= 15 is 0 Å². The van der Waals surface area contributed by atoms with Crippen molar-refractivity contribution in [3.63, 3.8) is 0 Å². The van der Waals surface area contributed by atoms with Crippen molar-refractivity contribution in [2.24, 2.45) is 4.99 Å². The summed E-state index contributed by atoms with van der Waals surface area (Å²) >= 11 is 1.65. The van der Waals surface area contributed by atoms with E-state index in [1.807, 2.05) is 13.1 Å². The van der Waals surface area contributed by atoms with Crippen LogP contribution in [0.2, 0.25) is 0 Å². The molecule has 0 bridgehead atoms. The van der Waals surface area contributed by atoms with Crippen LogP contribution in [0.1, 0.15) is 9.88 Å². The highest BCUT2D eigenvalue weighted by atomic mass is 32.1. The van der Waals surface area contributed by atoms with Gasteiger partial charge in [-0.2, -0.15) is 13.2 Å². The van der Waals surface area contributed by atoms with Crippen molar-refractivity contribution < 1.29 is 13.2 Å². The molecule has 22 heavy (non-hydrogen) atoms. The maximum atomic E-state index is 12.2. The smallest absolute Gasteiger partial charge is 0.356 e. The van der Waals surface area contributed by atoms with Crippen molar-refractivity contribution >= 4 is 17.3 Å². The number of thiazole rings is 1. The summed E-state index contributed by atoms with van der Waals surface area (Å²) in [6.07, 6.45) is -1.54. The first-order chi connectivity index (χ1) is 10.3. The molecular formula is C13H22F3N5S. The molecule has 0 saturated heterocycles. The standard InChI is InChI=1S/C13H22F3N5S/c1-10-8-20-11(22-10)4-5-18-12(17-2)19-6-7-21(3)9-13(14,15)16/h8H,4-7,9H2,1-3H3,(H2,17,18,19). The van der Waals surface area contributed by atoms with Crippen molar-refractivity contribution in [1.82, 2.24) is 20.5 Å². The number of guanidine groups is 1. The minimum atomic E-state index is -4.17. The van der Waals surface area contributed by atoms with E-state index in [4.69, 9.17) is 0 Å². The zero-order valence-corrected chi connectivity index (χ0v) is 13.8. The Kier molecular flexibility index (Phi) is 7.60. The molecule has 0 spiro atoms. The Bertz CT molecular complexity index is 472. The lowest BCUT2D eigenvalue weighted by Crippen LogP contribution is -2.42. The fourth-order valence-corrected chi connectivity index (χ4v) is 2.56. The van der Waals surface area contributed by atoms with Gasteiger partial charge < -0.3 is 10.6 Å². The highest BCUT2D eigenvalue weighted by Crippen LogP contribution is 2.15. The van der Waals surface area contributed by atoms with Crippen LogP contribution in [0.3, 0.4) is 0 Å². The molecule has 126 valence electrons. The summed E-state index contributed by atoms with van der Waals surface area (Å²) in [4.78, 5) is 10.7. The van der Waals surface area contributed by atoms with E-state index in [0.717, 1.165) is 11.4 Å². The number of nitrogens with zero attached hydrogens (tertiary/aromatic N) is 3. The Labute approximate surface area is 132 Å². The molecule has 0 saturated carbocycles. The number of alkyl halides is 3. The second-order valence-electron chi connectivity index (χ2n) is 4.89. The second-order valence-corrected chi connectivity index (χ2v) is 6.21. The summed E-state index contributed by atoms with van der Waals surface area (Å²) in [5, 5.41) is 7.15. The number of hydrogen-bond donors (Lipinski definition) is 2. The molecule has 5 nitrogen and oxygen atoms in total. The molecular weight excluding hydrogens is 315 g/mol. The first-order valence-corrected chi connectivity index (χ1v) is 7.73. The van der Waals surface area contributed by atoms with E-state index in [-0.39, 0.29) is 6.54 Å². The number of aliphatic imine (C=N–C) groups is 1. The van der Waals surface area contributed by atoms with Gasteiger partial charge in [-0.15, -0.1) is 11.3 Å². The monoisotopic (exact) mass is 337 g/mol. The van der Waals surface area contributed by atoms with Crippen molar-refractivity contribution in [3.05, 3.63) is 16.1 Å². The summed E-state index contributed by atoms with van der Waals surface area (Å²) in [6, 6.07) is 0. The molecule has 1 rings (SSSR count). The van der Waals surface area contributed by atoms with Gasteiger partial charge in [-0.05, 0) is 14.0 Å². The minimum Gasteiger partial charge on any atom is -0.356 e. The molecule has 1 aromatic heterocycles. The van der Waals surface area contributed by atoms with Gasteiger partial charge in [0.1, 0.15) is 0 Å². The highest BCUT2D eigenvalue weighted by Gasteiger charge is 2.28. The largest absolute Gasteiger partial charge is 0.401 e.